The van der Waals surface area contributed by atoms with Crippen LogP contribution in [-0.4, -0.2) is 48.0 Å². The van der Waals surface area contributed by atoms with E-state index < -0.39 is 0 Å². The van der Waals surface area contributed by atoms with Crippen molar-refractivity contribution in [3.63, 3.8) is 0 Å². The molecule has 3 aromatic rings. The molecular weight excluding hydrogens is 376 g/mol. The van der Waals surface area contributed by atoms with Crippen LogP contribution in [0.15, 0.2) is 41.7 Å². The van der Waals surface area contributed by atoms with E-state index in [4.69, 9.17) is 0 Å². The Morgan fingerprint density at radius 2 is 2.00 bits per heavy atom. The second kappa shape index (κ2) is 7.97. The van der Waals surface area contributed by atoms with Gasteiger partial charge in [0.1, 0.15) is 4.88 Å². The predicted molar refractivity (Wildman–Crippen MR) is 105 cm³/mol. The Morgan fingerprint density at radius 3 is 2.64 bits per heavy atom. The lowest BCUT2D eigenvalue weighted by Gasteiger charge is -2.31. The summed E-state index contributed by atoms with van der Waals surface area (Å²) in [4.78, 5) is 35.9. The standard InChI is InChI=1S/C19H20N6O2S/c1-13-18(28-23-22-13)19(27)24-8-4-14(5-9-24)11-25-12-21-16(10-17(25)26)15-2-6-20-7-3-15/h2-3,6-7,10,12,14H,4-5,8-9,11H2,1H3. The Hall–Kier alpha value is -2.94. The van der Waals surface area contributed by atoms with Crippen molar-refractivity contribution >= 4 is 17.4 Å². The number of hydrogen-bond donors (Lipinski definition) is 0. The molecule has 0 atom stereocenters. The number of amides is 1. The van der Waals surface area contributed by atoms with Crippen molar-refractivity contribution in [1.29, 1.82) is 0 Å². The lowest BCUT2D eigenvalue weighted by atomic mass is 9.96. The molecule has 1 saturated heterocycles. The summed E-state index contributed by atoms with van der Waals surface area (Å²) < 4.78 is 5.50. The van der Waals surface area contributed by atoms with E-state index in [2.05, 4.69) is 19.6 Å². The number of pyridine rings is 1. The molecule has 9 heteroatoms. The van der Waals surface area contributed by atoms with Gasteiger partial charge in [-0.1, -0.05) is 4.49 Å². The SMILES string of the molecule is Cc1nnsc1C(=O)N1CCC(Cn2cnc(-c3ccncc3)cc2=O)CC1. The maximum atomic E-state index is 12.6. The molecule has 0 aliphatic carbocycles. The van der Waals surface area contributed by atoms with Crippen LogP contribution in [0, 0.1) is 12.8 Å². The van der Waals surface area contributed by atoms with Crippen molar-refractivity contribution in [1.82, 2.24) is 29.0 Å². The first-order valence-electron chi connectivity index (χ1n) is 9.17. The fraction of sp³-hybridized carbons (Fsp3) is 0.368. The molecule has 0 N–H and O–H groups in total. The third-order valence-electron chi connectivity index (χ3n) is 5.06. The molecule has 0 radical (unpaired) electrons. The van der Waals surface area contributed by atoms with Crippen LogP contribution in [0.3, 0.4) is 0 Å². The molecule has 0 unspecified atom stereocenters. The molecule has 0 spiro atoms. The van der Waals surface area contributed by atoms with Gasteiger partial charge in [-0.2, -0.15) is 0 Å². The Morgan fingerprint density at radius 1 is 1.25 bits per heavy atom. The van der Waals surface area contributed by atoms with Crippen molar-refractivity contribution in [2.24, 2.45) is 5.92 Å². The molecule has 1 fully saturated rings. The van der Waals surface area contributed by atoms with Gasteiger partial charge < -0.3 is 4.90 Å². The highest BCUT2D eigenvalue weighted by Crippen LogP contribution is 2.22. The Kier molecular flexibility index (Phi) is 5.25. The smallest absolute Gasteiger partial charge is 0.267 e. The minimum Gasteiger partial charge on any atom is -0.338 e. The average molecular weight is 396 g/mol. The highest BCUT2D eigenvalue weighted by atomic mass is 32.1. The predicted octanol–water partition coefficient (Wildman–Crippen LogP) is 2.02. The van der Waals surface area contributed by atoms with Crippen molar-refractivity contribution in [2.75, 3.05) is 13.1 Å². The molecule has 1 amide bonds. The zero-order valence-corrected chi connectivity index (χ0v) is 16.3. The Labute approximate surface area is 166 Å². The van der Waals surface area contributed by atoms with Gasteiger partial charge in [0, 0.05) is 43.7 Å². The van der Waals surface area contributed by atoms with Crippen LogP contribution in [0.1, 0.15) is 28.2 Å². The Balaban J connectivity index is 1.38. The van der Waals surface area contributed by atoms with Gasteiger partial charge in [-0.15, -0.1) is 5.10 Å². The fourth-order valence-electron chi connectivity index (χ4n) is 3.41. The van der Waals surface area contributed by atoms with Crippen LogP contribution in [0.5, 0.6) is 0 Å². The number of likely N-dealkylation sites (tertiary alicyclic amines) is 1. The van der Waals surface area contributed by atoms with Crippen LogP contribution in [0.4, 0.5) is 0 Å². The van der Waals surface area contributed by atoms with E-state index in [-0.39, 0.29) is 11.5 Å². The normalized spacial score (nSPS) is 15.0. The van der Waals surface area contributed by atoms with E-state index in [0.717, 1.165) is 29.9 Å². The Bertz CT molecular complexity index is 1020. The second-order valence-electron chi connectivity index (χ2n) is 6.92. The van der Waals surface area contributed by atoms with Crippen molar-refractivity contribution < 1.29 is 4.79 Å². The zero-order chi connectivity index (χ0) is 19.5. The largest absolute Gasteiger partial charge is 0.338 e. The number of carbonyl (C=O) groups is 1. The van der Waals surface area contributed by atoms with Gasteiger partial charge in [0.15, 0.2) is 0 Å². The summed E-state index contributed by atoms with van der Waals surface area (Å²) in [5.74, 6) is 0.350. The summed E-state index contributed by atoms with van der Waals surface area (Å²) in [6.45, 7) is 3.78. The average Bonchev–Trinajstić information content (AvgIpc) is 3.16. The third kappa shape index (κ3) is 3.84. The molecule has 8 nitrogen and oxygen atoms in total. The number of rotatable bonds is 4. The molecular formula is C19H20N6O2S. The van der Waals surface area contributed by atoms with Gasteiger partial charge in [0.05, 0.1) is 17.7 Å². The summed E-state index contributed by atoms with van der Waals surface area (Å²) in [6, 6.07) is 5.23. The highest BCUT2D eigenvalue weighted by molar-refractivity contribution is 7.07. The first-order valence-corrected chi connectivity index (χ1v) is 9.94. The van der Waals surface area contributed by atoms with Crippen LogP contribution in [0.2, 0.25) is 0 Å². The molecule has 4 heterocycles. The van der Waals surface area contributed by atoms with Gasteiger partial charge in [-0.3, -0.25) is 19.1 Å². The molecule has 0 aromatic carbocycles. The number of aromatic nitrogens is 5. The summed E-state index contributed by atoms with van der Waals surface area (Å²) in [5, 5.41) is 3.91. The number of carbonyl (C=O) groups excluding carboxylic acids is 1. The number of nitrogens with zero attached hydrogens (tertiary/aromatic N) is 6. The quantitative estimate of drug-likeness (QED) is 0.670. The molecule has 0 saturated carbocycles. The molecule has 0 bridgehead atoms. The molecule has 28 heavy (non-hydrogen) atoms. The van der Waals surface area contributed by atoms with Crippen LogP contribution in [0.25, 0.3) is 11.3 Å². The van der Waals surface area contributed by atoms with Gasteiger partial charge >= 0.3 is 0 Å². The van der Waals surface area contributed by atoms with Crippen LogP contribution in [-0.2, 0) is 6.54 Å². The topological polar surface area (TPSA) is 93.9 Å². The lowest BCUT2D eigenvalue weighted by Crippen LogP contribution is -2.40. The second-order valence-corrected chi connectivity index (χ2v) is 7.68. The van der Waals surface area contributed by atoms with E-state index >= 15 is 0 Å². The third-order valence-corrected chi connectivity index (χ3v) is 5.87. The van der Waals surface area contributed by atoms with E-state index in [0.29, 0.717) is 41.8 Å². The fourth-order valence-corrected chi connectivity index (χ4v) is 4.04. The zero-order valence-electron chi connectivity index (χ0n) is 15.5. The van der Waals surface area contributed by atoms with Gasteiger partial charge in [-0.05, 0) is 49.3 Å². The molecule has 4 rings (SSSR count). The number of piperidine rings is 1. The lowest BCUT2D eigenvalue weighted by molar-refractivity contribution is 0.0686. The number of aryl methyl sites for hydroxylation is 1. The minimum absolute atomic E-state index is 0.00601. The highest BCUT2D eigenvalue weighted by Gasteiger charge is 2.26. The summed E-state index contributed by atoms with van der Waals surface area (Å²) in [7, 11) is 0. The van der Waals surface area contributed by atoms with E-state index in [9.17, 15) is 9.59 Å². The van der Waals surface area contributed by atoms with Crippen molar-refractivity contribution in [3.8, 4) is 11.3 Å². The molecule has 1 aliphatic rings. The van der Waals surface area contributed by atoms with E-state index in [1.54, 1.807) is 36.3 Å². The van der Waals surface area contributed by atoms with E-state index in [1.807, 2.05) is 17.0 Å². The van der Waals surface area contributed by atoms with Gasteiger partial charge in [0.2, 0.25) is 0 Å². The van der Waals surface area contributed by atoms with Crippen LogP contribution < -0.4 is 5.56 Å². The van der Waals surface area contributed by atoms with Crippen molar-refractivity contribution in [3.05, 3.63) is 57.8 Å². The minimum atomic E-state index is -0.0633. The molecule has 3 aromatic heterocycles. The first kappa shape index (κ1) is 18.4. The maximum absolute atomic E-state index is 12.6. The monoisotopic (exact) mass is 396 g/mol. The van der Waals surface area contributed by atoms with E-state index in [1.165, 1.54) is 0 Å². The molecule has 1 aliphatic heterocycles. The van der Waals surface area contributed by atoms with Crippen molar-refractivity contribution in [2.45, 2.75) is 26.3 Å². The summed E-state index contributed by atoms with van der Waals surface area (Å²) >= 11 is 1.15. The maximum Gasteiger partial charge on any atom is 0.267 e. The number of hydrogen-bond acceptors (Lipinski definition) is 7. The molecule has 144 valence electrons. The van der Waals surface area contributed by atoms with Gasteiger partial charge in [0.25, 0.3) is 11.5 Å². The summed E-state index contributed by atoms with van der Waals surface area (Å²) in [6.07, 6.45) is 6.69. The first-order chi connectivity index (χ1) is 13.6. The summed E-state index contributed by atoms with van der Waals surface area (Å²) in [5.41, 5.74) is 2.15. The van der Waals surface area contributed by atoms with Gasteiger partial charge in [-0.25, -0.2) is 4.98 Å². The van der Waals surface area contributed by atoms with Crippen LogP contribution >= 0.6 is 11.5 Å².